The molecule has 3 rings (SSSR count). The number of thiazole rings is 1. The first-order valence-electron chi connectivity index (χ1n) is 6.12. The van der Waals surface area contributed by atoms with Gasteiger partial charge in [0.05, 0.1) is 10.2 Å². The van der Waals surface area contributed by atoms with E-state index in [1.165, 1.54) is 10.4 Å². The van der Waals surface area contributed by atoms with Gasteiger partial charge in [-0.15, -0.1) is 0 Å². The van der Waals surface area contributed by atoms with Crippen molar-refractivity contribution in [1.29, 1.82) is 0 Å². The minimum Gasteiger partial charge on any atom is -0.378 e. The average Bonchev–Trinajstić information content (AvgIpc) is 2.81. The largest absolute Gasteiger partial charge is 0.378 e. The van der Waals surface area contributed by atoms with E-state index in [1.54, 1.807) is 11.3 Å². The standard InChI is InChI=1S/C15H15N3S/c1-18(2)12-7-5-6-11(10-12)16-15-17-13-8-3-4-9-14(13)19-15/h3-10H,1-2H3,(H,16,17). The second-order valence-electron chi connectivity index (χ2n) is 4.56. The molecule has 0 fully saturated rings. The Morgan fingerprint density at radius 1 is 1.05 bits per heavy atom. The molecule has 1 aromatic heterocycles. The van der Waals surface area contributed by atoms with Crippen molar-refractivity contribution in [2.45, 2.75) is 0 Å². The van der Waals surface area contributed by atoms with Crippen molar-refractivity contribution in [2.75, 3.05) is 24.3 Å². The highest BCUT2D eigenvalue weighted by atomic mass is 32.1. The van der Waals surface area contributed by atoms with Crippen molar-refractivity contribution < 1.29 is 0 Å². The van der Waals surface area contributed by atoms with Gasteiger partial charge in [-0.2, -0.15) is 0 Å². The van der Waals surface area contributed by atoms with E-state index < -0.39 is 0 Å². The lowest BCUT2D eigenvalue weighted by Crippen LogP contribution is -2.08. The minimum atomic E-state index is 0.928. The van der Waals surface area contributed by atoms with Crippen LogP contribution in [0.5, 0.6) is 0 Å². The second-order valence-corrected chi connectivity index (χ2v) is 5.59. The van der Waals surface area contributed by atoms with Crippen LogP contribution in [-0.2, 0) is 0 Å². The minimum absolute atomic E-state index is 0.928. The zero-order valence-corrected chi connectivity index (χ0v) is 11.7. The van der Waals surface area contributed by atoms with Gasteiger partial charge in [-0.3, -0.25) is 0 Å². The summed E-state index contributed by atoms with van der Waals surface area (Å²) in [6.07, 6.45) is 0. The molecule has 2 aromatic carbocycles. The maximum atomic E-state index is 4.58. The molecule has 1 heterocycles. The van der Waals surface area contributed by atoms with Crippen molar-refractivity contribution in [3.8, 4) is 0 Å². The summed E-state index contributed by atoms with van der Waals surface area (Å²) in [6, 6.07) is 16.5. The monoisotopic (exact) mass is 269 g/mol. The first-order chi connectivity index (χ1) is 9.22. The summed E-state index contributed by atoms with van der Waals surface area (Å²) < 4.78 is 1.20. The van der Waals surface area contributed by atoms with E-state index in [1.807, 2.05) is 38.4 Å². The fraction of sp³-hybridized carbons (Fsp3) is 0.133. The summed E-state index contributed by atoms with van der Waals surface area (Å²) in [6.45, 7) is 0. The molecule has 0 radical (unpaired) electrons. The van der Waals surface area contributed by atoms with Gasteiger partial charge in [0, 0.05) is 25.5 Å². The summed E-state index contributed by atoms with van der Waals surface area (Å²) in [5.74, 6) is 0. The highest BCUT2D eigenvalue weighted by Gasteiger charge is 2.04. The molecule has 0 saturated carbocycles. The lowest BCUT2D eigenvalue weighted by molar-refractivity contribution is 1.13. The predicted octanol–water partition coefficient (Wildman–Crippen LogP) is 4.11. The van der Waals surface area contributed by atoms with Crippen LogP contribution in [0, 0.1) is 0 Å². The van der Waals surface area contributed by atoms with Crippen LogP contribution in [0.2, 0.25) is 0 Å². The van der Waals surface area contributed by atoms with Crippen LogP contribution in [-0.4, -0.2) is 19.1 Å². The van der Waals surface area contributed by atoms with Gasteiger partial charge in [0.1, 0.15) is 0 Å². The molecule has 0 saturated heterocycles. The summed E-state index contributed by atoms with van der Waals surface area (Å²) in [4.78, 5) is 6.66. The van der Waals surface area contributed by atoms with E-state index in [4.69, 9.17) is 0 Å². The summed E-state index contributed by atoms with van der Waals surface area (Å²) >= 11 is 1.67. The smallest absolute Gasteiger partial charge is 0.188 e. The lowest BCUT2D eigenvalue weighted by atomic mass is 10.2. The number of nitrogens with one attached hydrogen (secondary N) is 1. The molecular formula is C15H15N3S. The quantitative estimate of drug-likeness (QED) is 0.775. The molecule has 0 aliphatic rings. The summed E-state index contributed by atoms with van der Waals surface area (Å²) in [7, 11) is 4.08. The zero-order valence-electron chi connectivity index (χ0n) is 10.9. The third kappa shape index (κ3) is 2.53. The van der Waals surface area contributed by atoms with Crippen LogP contribution in [0.25, 0.3) is 10.2 Å². The Kier molecular flexibility index (Phi) is 3.09. The molecule has 0 spiro atoms. The van der Waals surface area contributed by atoms with Gasteiger partial charge >= 0.3 is 0 Å². The van der Waals surface area contributed by atoms with Crippen LogP contribution >= 0.6 is 11.3 Å². The van der Waals surface area contributed by atoms with Gasteiger partial charge in [-0.05, 0) is 30.3 Å². The molecule has 96 valence electrons. The van der Waals surface area contributed by atoms with E-state index in [-0.39, 0.29) is 0 Å². The number of rotatable bonds is 3. The first-order valence-corrected chi connectivity index (χ1v) is 6.94. The highest BCUT2D eigenvalue weighted by Crippen LogP contribution is 2.29. The van der Waals surface area contributed by atoms with E-state index in [2.05, 4.69) is 39.5 Å². The Labute approximate surface area is 116 Å². The highest BCUT2D eigenvalue weighted by molar-refractivity contribution is 7.22. The van der Waals surface area contributed by atoms with E-state index in [0.29, 0.717) is 0 Å². The van der Waals surface area contributed by atoms with Crippen molar-refractivity contribution in [3.63, 3.8) is 0 Å². The van der Waals surface area contributed by atoms with E-state index in [0.717, 1.165) is 16.3 Å². The Hall–Kier alpha value is -2.07. The molecule has 3 nitrogen and oxygen atoms in total. The molecule has 0 unspecified atom stereocenters. The molecular weight excluding hydrogens is 254 g/mol. The Bertz CT molecular complexity index is 670. The van der Waals surface area contributed by atoms with Gasteiger partial charge < -0.3 is 10.2 Å². The third-order valence-corrected chi connectivity index (χ3v) is 3.86. The molecule has 1 N–H and O–H groups in total. The van der Waals surface area contributed by atoms with Crippen molar-refractivity contribution in [3.05, 3.63) is 48.5 Å². The number of anilines is 3. The van der Waals surface area contributed by atoms with Crippen LogP contribution in [0.1, 0.15) is 0 Å². The fourth-order valence-corrected chi connectivity index (χ4v) is 2.80. The van der Waals surface area contributed by atoms with Gasteiger partial charge in [0.2, 0.25) is 0 Å². The molecule has 0 bridgehead atoms. The van der Waals surface area contributed by atoms with Crippen LogP contribution < -0.4 is 10.2 Å². The maximum Gasteiger partial charge on any atom is 0.188 e. The van der Waals surface area contributed by atoms with E-state index in [9.17, 15) is 0 Å². The number of hydrogen-bond acceptors (Lipinski definition) is 4. The van der Waals surface area contributed by atoms with Crippen LogP contribution in [0.3, 0.4) is 0 Å². The fourth-order valence-electron chi connectivity index (χ4n) is 1.91. The summed E-state index contributed by atoms with van der Waals surface area (Å²) in [5, 5.41) is 4.30. The SMILES string of the molecule is CN(C)c1cccc(Nc2nc3ccccc3s2)c1. The van der Waals surface area contributed by atoms with Crippen molar-refractivity contribution >= 4 is 38.1 Å². The van der Waals surface area contributed by atoms with Gasteiger partial charge in [-0.1, -0.05) is 29.5 Å². The third-order valence-electron chi connectivity index (χ3n) is 2.91. The topological polar surface area (TPSA) is 28.2 Å². The van der Waals surface area contributed by atoms with Crippen molar-refractivity contribution in [2.24, 2.45) is 0 Å². The number of para-hydroxylation sites is 1. The number of nitrogens with zero attached hydrogens (tertiary/aromatic N) is 2. The average molecular weight is 269 g/mol. The van der Waals surface area contributed by atoms with Gasteiger partial charge in [-0.25, -0.2) is 4.98 Å². The molecule has 3 aromatic rings. The van der Waals surface area contributed by atoms with Crippen LogP contribution in [0.15, 0.2) is 48.5 Å². The first kappa shape index (κ1) is 12.0. The molecule has 0 atom stereocenters. The summed E-state index contributed by atoms with van der Waals surface area (Å²) in [5.41, 5.74) is 3.27. The van der Waals surface area contributed by atoms with Gasteiger partial charge in [0.25, 0.3) is 0 Å². The molecule has 0 aliphatic heterocycles. The van der Waals surface area contributed by atoms with Crippen molar-refractivity contribution in [1.82, 2.24) is 4.98 Å². The molecule has 0 aliphatic carbocycles. The van der Waals surface area contributed by atoms with E-state index >= 15 is 0 Å². The second kappa shape index (κ2) is 4.90. The Morgan fingerprint density at radius 2 is 1.89 bits per heavy atom. The number of benzene rings is 2. The Balaban J connectivity index is 1.90. The molecule has 19 heavy (non-hydrogen) atoms. The Morgan fingerprint density at radius 3 is 2.68 bits per heavy atom. The maximum absolute atomic E-state index is 4.58. The van der Waals surface area contributed by atoms with Gasteiger partial charge in [0.15, 0.2) is 5.13 Å². The van der Waals surface area contributed by atoms with Crippen LogP contribution in [0.4, 0.5) is 16.5 Å². The normalized spacial score (nSPS) is 10.6. The number of fused-ring (bicyclic) bond motifs is 1. The molecule has 4 heteroatoms. The lowest BCUT2D eigenvalue weighted by Gasteiger charge is -2.13. The molecule has 0 amide bonds. The number of hydrogen-bond donors (Lipinski definition) is 1. The predicted molar refractivity (Wildman–Crippen MR) is 83.7 cm³/mol. The number of aromatic nitrogens is 1. The zero-order chi connectivity index (χ0) is 13.2.